The van der Waals surface area contributed by atoms with Gasteiger partial charge >= 0.3 is 6.03 Å². The lowest BCUT2D eigenvalue weighted by Crippen LogP contribution is -2.52. The second-order valence-electron chi connectivity index (χ2n) is 6.59. The number of rotatable bonds is 5. The molecule has 144 valence electrons. The highest BCUT2D eigenvalue weighted by atomic mass is 16.2. The van der Waals surface area contributed by atoms with Crippen LogP contribution < -0.4 is 10.2 Å². The van der Waals surface area contributed by atoms with Crippen LogP contribution in [0.15, 0.2) is 55.4 Å². The summed E-state index contributed by atoms with van der Waals surface area (Å²) in [6.45, 7) is 3.90. The summed E-state index contributed by atoms with van der Waals surface area (Å²) in [5.41, 5.74) is 2.18. The average Bonchev–Trinajstić information content (AvgIpc) is 3.26. The van der Waals surface area contributed by atoms with E-state index < -0.39 is 0 Å². The fourth-order valence-electron chi connectivity index (χ4n) is 3.19. The number of nitrogens with zero attached hydrogens (tertiary/aromatic N) is 7. The van der Waals surface area contributed by atoms with Crippen LogP contribution in [0.3, 0.4) is 0 Å². The Balaban J connectivity index is 1.27. The molecule has 0 saturated carbocycles. The summed E-state index contributed by atoms with van der Waals surface area (Å²) in [4.78, 5) is 28.9. The van der Waals surface area contributed by atoms with E-state index in [1.807, 2.05) is 23.1 Å². The standard InChI is InChI=1S/C19H22N8O/c28-19(26-9-7-25(8-10-26)18-21-5-2-6-22-18)23-12-16-3-1-4-17(11-16)13-27-15-20-14-24-27/h1-6,11,14-15H,7-10,12-13H2,(H,23,28). The van der Waals surface area contributed by atoms with Crippen LogP contribution in [0.4, 0.5) is 10.7 Å². The van der Waals surface area contributed by atoms with Gasteiger partial charge in [0.2, 0.25) is 5.95 Å². The van der Waals surface area contributed by atoms with Crippen LogP contribution in [0.25, 0.3) is 0 Å². The topological polar surface area (TPSA) is 92.1 Å². The molecule has 1 N–H and O–H groups in total. The normalized spacial score (nSPS) is 14.1. The third-order valence-corrected chi connectivity index (χ3v) is 4.65. The van der Waals surface area contributed by atoms with E-state index in [-0.39, 0.29) is 6.03 Å². The zero-order valence-electron chi connectivity index (χ0n) is 15.5. The highest BCUT2D eigenvalue weighted by Gasteiger charge is 2.22. The van der Waals surface area contributed by atoms with Crippen molar-refractivity contribution in [2.24, 2.45) is 0 Å². The molecular formula is C19H22N8O. The minimum Gasteiger partial charge on any atom is -0.337 e. The maximum absolute atomic E-state index is 12.5. The number of carbonyl (C=O) groups is 1. The molecule has 0 radical (unpaired) electrons. The minimum absolute atomic E-state index is 0.0460. The van der Waals surface area contributed by atoms with Gasteiger partial charge in [0.05, 0.1) is 6.54 Å². The predicted molar refractivity (Wildman–Crippen MR) is 104 cm³/mol. The van der Waals surface area contributed by atoms with Crippen molar-refractivity contribution in [3.63, 3.8) is 0 Å². The highest BCUT2D eigenvalue weighted by molar-refractivity contribution is 5.74. The molecule has 1 fully saturated rings. The lowest BCUT2D eigenvalue weighted by Gasteiger charge is -2.34. The summed E-state index contributed by atoms with van der Waals surface area (Å²) in [5, 5.41) is 7.13. The third-order valence-electron chi connectivity index (χ3n) is 4.65. The van der Waals surface area contributed by atoms with Crippen molar-refractivity contribution < 1.29 is 4.79 Å². The molecule has 0 spiro atoms. The van der Waals surface area contributed by atoms with Gasteiger partial charge < -0.3 is 15.1 Å². The Labute approximate surface area is 163 Å². The van der Waals surface area contributed by atoms with Crippen LogP contribution in [-0.4, -0.2) is 61.8 Å². The van der Waals surface area contributed by atoms with Gasteiger partial charge in [0.15, 0.2) is 0 Å². The van der Waals surface area contributed by atoms with E-state index in [2.05, 4.69) is 36.3 Å². The molecule has 0 atom stereocenters. The van der Waals surface area contributed by atoms with Crippen LogP contribution in [0.2, 0.25) is 0 Å². The Bertz CT molecular complexity index is 891. The number of benzene rings is 1. The van der Waals surface area contributed by atoms with Crippen molar-refractivity contribution in [3.8, 4) is 0 Å². The second kappa shape index (κ2) is 8.47. The zero-order chi connectivity index (χ0) is 19.2. The van der Waals surface area contributed by atoms with Gasteiger partial charge in [0.1, 0.15) is 12.7 Å². The minimum atomic E-state index is -0.0460. The number of amides is 2. The molecule has 3 aromatic rings. The molecule has 28 heavy (non-hydrogen) atoms. The predicted octanol–water partition coefficient (Wildman–Crippen LogP) is 1.15. The smallest absolute Gasteiger partial charge is 0.317 e. The van der Waals surface area contributed by atoms with E-state index >= 15 is 0 Å². The van der Waals surface area contributed by atoms with Crippen molar-refractivity contribution in [3.05, 3.63) is 66.5 Å². The lowest BCUT2D eigenvalue weighted by molar-refractivity contribution is 0.193. The first-order valence-corrected chi connectivity index (χ1v) is 9.23. The maximum Gasteiger partial charge on any atom is 0.317 e. The van der Waals surface area contributed by atoms with Gasteiger partial charge in [-0.1, -0.05) is 24.3 Å². The van der Waals surface area contributed by atoms with Crippen molar-refractivity contribution in [2.45, 2.75) is 13.1 Å². The third kappa shape index (κ3) is 4.43. The number of anilines is 1. The van der Waals surface area contributed by atoms with E-state index in [1.54, 1.807) is 29.5 Å². The van der Waals surface area contributed by atoms with Gasteiger partial charge in [0.25, 0.3) is 0 Å². The molecule has 9 heteroatoms. The van der Waals surface area contributed by atoms with Crippen molar-refractivity contribution in [2.75, 3.05) is 31.1 Å². The largest absolute Gasteiger partial charge is 0.337 e. The Hall–Kier alpha value is -3.49. The molecule has 0 unspecified atom stereocenters. The SMILES string of the molecule is O=C(NCc1cccc(Cn2cncn2)c1)N1CCN(c2ncccn2)CC1. The second-order valence-corrected chi connectivity index (χ2v) is 6.59. The summed E-state index contributed by atoms with van der Waals surface area (Å²) < 4.78 is 1.77. The van der Waals surface area contributed by atoms with Crippen LogP contribution in [-0.2, 0) is 13.1 Å². The van der Waals surface area contributed by atoms with Gasteiger partial charge in [-0.15, -0.1) is 0 Å². The number of urea groups is 1. The Morgan fingerprint density at radius 3 is 2.57 bits per heavy atom. The van der Waals surface area contributed by atoms with E-state index in [0.29, 0.717) is 32.1 Å². The first-order valence-electron chi connectivity index (χ1n) is 9.23. The molecule has 1 aromatic carbocycles. The number of hydrogen-bond acceptors (Lipinski definition) is 6. The summed E-state index contributed by atoms with van der Waals surface area (Å²) in [5.74, 6) is 0.715. The van der Waals surface area contributed by atoms with Crippen LogP contribution in [0.5, 0.6) is 0 Å². The summed E-state index contributed by atoms with van der Waals surface area (Å²) in [6.07, 6.45) is 6.68. The van der Waals surface area contributed by atoms with Gasteiger partial charge in [-0.2, -0.15) is 5.10 Å². The van der Waals surface area contributed by atoms with Crippen LogP contribution in [0.1, 0.15) is 11.1 Å². The monoisotopic (exact) mass is 378 g/mol. The van der Waals surface area contributed by atoms with E-state index in [0.717, 1.165) is 24.2 Å². The van der Waals surface area contributed by atoms with Crippen LogP contribution >= 0.6 is 0 Å². The molecule has 0 bridgehead atoms. The molecule has 1 aliphatic heterocycles. The van der Waals surface area contributed by atoms with Crippen LogP contribution in [0, 0.1) is 0 Å². The number of piperazine rings is 1. The first kappa shape index (κ1) is 17.9. The zero-order valence-corrected chi connectivity index (χ0v) is 15.5. The molecule has 1 saturated heterocycles. The number of carbonyl (C=O) groups excluding carboxylic acids is 1. The molecule has 3 heterocycles. The molecule has 1 aliphatic rings. The Kier molecular flexibility index (Phi) is 5.41. The van der Waals surface area contributed by atoms with E-state index in [1.165, 1.54) is 6.33 Å². The Morgan fingerprint density at radius 1 is 1.04 bits per heavy atom. The van der Waals surface area contributed by atoms with E-state index in [4.69, 9.17) is 0 Å². The summed E-state index contributed by atoms with van der Waals surface area (Å²) >= 11 is 0. The molecule has 9 nitrogen and oxygen atoms in total. The highest BCUT2D eigenvalue weighted by Crippen LogP contribution is 2.10. The fraction of sp³-hybridized carbons (Fsp3) is 0.316. The molecule has 2 aromatic heterocycles. The molecule has 0 aliphatic carbocycles. The molecular weight excluding hydrogens is 356 g/mol. The quantitative estimate of drug-likeness (QED) is 0.716. The lowest BCUT2D eigenvalue weighted by atomic mass is 10.1. The molecule has 2 amide bonds. The average molecular weight is 378 g/mol. The van der Waals surface area contributed by atoms with Gasteiger partial charge in [0, 0.05) is 45.1 Å². The summed E-state index contributed by atoms with van der Waals surface area (Å²) in [7, 11) is 0. The maximum atomic E-state index is 12.5. The van der Waals surface area contributed by atoms with Crippen molar-refractivity contribution >= 4 is 12.0 Å². The van der Waals surface area contributed by atoms with Gasteiger partial charge in [-0.05, 0) is 17.2 Å². The number of aromatic nitrogens is 5. The molecule has 4 rings (SSSR count). The first-order chi connectivity index (χ1) is 13.8. The van der Waals surface area contributed by atoms with Gasteiger partial charge in [-0.3, -0.25) is 0 Å². The summed E-state index contributed by atoms with van der Waals surface area (Å²) in [6, 6.07) is 9.87. The van der Waals surface area contributed by atoms with E-state index in [9.17, 15) is 4.79 Å². The van der Waals surface area contributed by atoms with Crippen molar-refractivity contribution in [1.82, 2.24) is 34.9 Å². The van der Waals surface area contributed by atoms with Gasteiger partial charge in [-0.25, -0.2) is 24.4 Å². The number of nitrogens with one attached hydrogen (secondary N) is 1. The fourth-order valence-corrected chi connectivity index (χ4v) is 3.19. The van der Waals surface area contributed by atoms with Crippen molar-refractivity contribution in [1.29, 1.82) is 0 Å². The number of hydrogen-bond donors (Lipinski definition) is 1. The Morgan fingerprint density at radius 2 is 1.82 bits per heavy atom.